The SMILES string of the molecule is Cc1cc(C2CCCN(C(=O)c3cc(F)ccc3C)C2)n2ncnc2n1. The topological polar surface area (TPSA) is 63.4 Å². The lowest BCUT2D eigenvalue weighted by molar-refractivity contribution is 0.0704. The van der Waals surface area contributed by atoms with Crippen LogP contribution in [0.25, 0.3) is 5.78 Å². The van der Waals surface area contributed by atoms with Gasteiger partial charge in [0.1, 0.15) is 12.1 Å². The summed E-state index contributed by atoms with van der Waals surface area (Å²) in [7, 11) is 0. The average molecular weight is 353 g/mol. The summed E-state index contributed by atoms with van der Waals surface area (Å²) in [4.78, 5) is 23.3. The number of piperidine rings is 1. The summed E-state index contributed by atoms with van der Waals surface area (Å²) in [5, 5.41) is 4.28. The fourth-order valence-corrected chi connectivity index (χ4v) is 3.65. The first-order chi connectivity index (χ1) is 12.5. The van der Waals surface area contributed by atoms with E-state index in [1.54, 1.807) is 10.6 Å². The van der Waals surface area contributed by atoms with Gasteiger partial charge in [-0.1, -0.05) is 6.07 Å². The summed E-state index contributed by atoms with van der Waals surface area (Å²) in [6.07, 6.45) is 3.35. The minimum absolute atomic E-state index is 0.118. The summed E-state index contributed by atoms with van der Waals surface area (Å²) < 4.78 is 15.4. The van der Waals surface area contributed by atoms with Gasteiger partial charge in [0.05, 0.1) is 5.69 Å². The zero-order valence-electron chi connectivity index (χ0n) is 14.8. The number of halogens is 1. The van der Waals surface area contributed by atoms with Crippen LogP contribution in [0.3, 0.4) is 0 Å². The molecule has 0 spiro atoms. The van der Waals surface area contributed by atoms with Gasteiger partial charge in [0.25, 0.3) is 11.7 Å². The molecule has 1 saturated heterocycles. The molecule has 6 nitrogen and oxygen atoms in total. The van der Waals surface area contributed by atoms with Crippen LogP contribution in [0.15, 0.2) is 30.6 Å². The number of amides is 1. The van der Waals surface area contributed by atoms with Gasteiger partial charge >= 0.3 is 0 Å². The predicted octanol–water partition coefficient (Wildman–Crippen LogP) is 2.90. The third kappa shape index (κ3) is 2.94. The maximum atomic E-state index is 13.6. The maximum Gasteiger partial charge on any atom is 0.254 e. The number of likely N-dealkylation sites (tertiary alicyclic amines) is 1. The molecule has 26 heavy (non-hydrogen) atoms. The Morgan fingerprint density at radius 2 is 2.12 bits per heavy atom. The Morgan fingerprint density at radius 3 is 2.96 bits per heavy atom. The van der Waals surface area contributed by atoms with Crippen LogP contribution in [0, 0.1) is 19.7 Å². The van der Waals surface area contributed by atoms with Crippen LogP contribution in [0.1, 0.15) is 46.1 Å². The van der Waals surface area contributed by atoms with E-state index in [-0.39, 0.29) is 17.6 Å². The first-order valence-electron chi connectivity index (χ1n) is 8.75. The molecule has 0 saturated carbocycles. The molecule has 7 heteroatoms. The minimum atomic E-state index is -0.387. The van der Waals surface area contributed by atoms with Gasteiger partial charge in [0.15, 0.2) is 0 Å². The first-order valence-corrected chi connectivity index (χ1v) is 8.75. The molecule has 1 fully saturated rings. The highest BCUT2D eigenvalue weighted by atomic mass is 19.1. The Bertz CT molecular complexity index is 983. The van der Waals surface area contributed by atoms with Crippen LogP contribution in [0.5, 0.6) is 0 Å². The average Bonchev–Trinajstić information content (AvgIpc) is 3.11. The molecular formula is C19H20FN5O. The second kappa shape index (κ2) is 6.48. The molecule has 1 aliphatic heterocycles. The van der Waals surface area contributed by atoms with E-state index < -0.39 is 0 Å². The van der Waals surface area contributed by atoms with Crippen molar-refractivity contribution >= 4 is 11.7 Å². The molecule has 3 heterocycles. The molecule has 1 unspecified atom stereocenters. The molecule has 134 valence electrons. The van der Waals surface area contributed by atoms with Gasteiger partial charge in [-0.15, -0.1) is 0 Å². The molecule has 0 aliphatic carbocycles. The van der Waals surface area contributed by atoms with E-state index in [9.17, 15) is 9.18 Å². The van der Waals surface area contributed by atoms with Gasteiger partial charge in [0.2, 0.25) is 0 Å². The summed E-state index contributed by atoms with van der Waals surface area (Å²) in [6.45, 7) is 5.02. The molecule has 4 rings (SSSR count). The minimum Gasteiger partial charge on any atom is -0.338 e. The first kappa shape index (κ1) is 16.6. The monoisotopic (exact) mass is 353 g/mol. The molecule has 1 atom stereocenters. The smallest absolute Gasteiger partial charge is 0.254 e. The molecule has 1 amide bonds. The highest BCUT2D eigenvalue weighted by Crippen LogP contribution is 2.28. The summed E-state index contributed by atoms with van der Waals surface area (Å²) in [5.41, 5.74) is 3.11. The van der Waals surface area contributed by atoms with E-state index in [1.807, 2.05) is 24.8 Å². The van der Waals surface area contributed by atoms with E-state index in [0.29, 0.717) is 24.4 Å². The fraction of sp³-hybridized carbons (Fsp3) is 0.368. The number of carbonyl (C=O) groups excluding carboxylic acids is 1. The van der Waals surface area contributed by atoms with E-state index in [1.165, 1.54) is 18.5 Å². The Balaban J connectivity index is 1.64. The fourth-order valence-electron chi connectivity index (χ4n) is 3.65. The molecule has 0 N–H and O–H groups in total. The molecule has 0 bridgehead atoms. The lowest BCUT2D eigenvalue weighted by Crippen LogP contribution is -2.40. The molecule has 1 aromatic carbocycles. The van der Waals surface area contributed by atoms with Crippen LogP contribution >= 0.6 is 0 Å². The zero-order valence-corrected chi connectivity index (χ0v) is 14.8. The van der Waals surface area contributed by atoms with Crippen molar-refractivity contribution in [1.29, 1.82) is 0 Å². The molecule has 0 radical (unpaired) electrons. The van der Waals surface area contributed by atoms with Crippen LogP contribution < -0.4 is 0 Å². The van der Waals surface area contributed by atoms with Crippen LogP contribution in [0.2, 0.25) is 0 Å². The lowest BCUT2D eigenvalue weighted by atomic mass is 9.93. The predicted molar refractivity (Wildman–Crippen MR) is 94.5 cm³/mol. The van der Waals surface area contributed by atoms with E-state index in [4.69, 9.17) is 0 Å². The molecule has 1 aliphatic rings. The van der Waals surface area contributed by atoms with E-state index in [0.717, 1.165) is 29.8 Å². The van der Waals surface area contributed by atoms with Crippen molar-refractivity contribution in [3.63, 3.8) is 0 Å². The quantitative estimate of drug-likeness (QED) is 0.711. The van der Waals surface area contributed by atoms with Crippen molar-refractivity contribution in [1.82, 2.24) is 24.5 Å². The van der Waals surface area contributed by atoms with Gasteiger partial charge in [-0.25, -0.2) is 13.9 Å². The number of carbonyl (C=O) groups is 1. The van der Waals surface area contributed by atoms with Crippen molar-refractivity contribution in [2.24, 2.45) is 0 Å². The van der Waals surface area contributed by atoms with Crippen LogP contribution in [-0.4, -0.2) is 43.5 Å². The van der Waals surface area contributed by atoms with Crippen molar-refractivity contribution in [3.8, 4) is 0 Å². The van der Waals surface area contributed by atoms with Gasteiger partial charge in [-0.2, -0.15) is 10.1 Å². The Kier molecular flexibility index (Phi) is 4.14. The number of rotatable bonds is 2. The third-order valence-corrected chi connectivity index (χ3v) is 4.96. The maximum absolute atomic E-state index is 13.6. The second-order valence-electron chi connectivity index (χ2n) is 6.84. The van der Waals surface area contributed by atoms with Crippen LogP contribution in [-0.2, 0) is 0 Å². The molecular weight excluding hydrogens is 333 g/mol. The van der Waals surface area contributed by atoms with Gasteiger partial charge in [0, 0.05) is 30.3 Å². The normalized spacial score (nSPS) is 17.7. The van der Waals surface area contributed by atoms with E-state index in [2.05, 4.69) is 15.1 Å². The second-order valence-corrected chi connectivity index (χ2v) is 6.84. The Morgan fingerprint density at radius 1 is 1.27 bits per heavy atom. The number of benzene rings is 1. The summed E-state index contributed by atoms with van der Waals surface area (Å²) in [6, 6.07) is 6.36. The Labute approximate surface area is 150 Å². The number of aromatic nitrogens is 4. The summed E-state index contributed by atoms with van der Waals surface area (Å²) >= 11 is 0. The number of hydrogen-bond donors (Lipinski definition) is 0. The standard InChI is InChI=1S/C19H20FN5O/c1-12-5-6-15(20)9-16(12)18(26)24-7-3-4-14(10-24)17-8-13(2)23-19-21-11-22-25(17)19/h5-6,8-9,11,14H,3-4,7,10H2,1-2H3. The molecule has 3 aromatic rings. The third-order valence-electron chi connectivity index (χ3n) is 4.96. The van der Waals surface area contributed by atoms with Crippen molar-refractivity contribution < 1.29 is 9.18 Å². The van der Waals surface area contributed by atoms with Gasteiger partial charge in [-0.05, 0) is 50.5 Å². The zero-order chi connectivity index (χ0) is 18.3. The lowest BCUT2D eigenvalue weighted by Gasteiger charge is -2.33. The molecule has 2 aromatic heterocycles. The number of aryl methyl sites for hydroxylation is 2. The van der Waals surface area contributed by atoms with Crippen molar-refractivity contribution in [2.45, 2.75) is 32.6 Å². The summed E-state index contributed by atoms with van der Waals surface area (Å²) in [5.74, 6) is 0.214. The Hall–Kier alpha value is -2.83. The van der Waals surface area contributed by atoms with Gasteiger partial charge < -0.3 is 4.90 Å². The largest absolute Gasteiger partial charge is 0.338 e. The number of fused-ring (bicyclic) bond motifs is 1. The van der Waals surface area contributed by atoms with Gasteiger partial charge in [-0.3, -0.25) is 4.79 Å². The van der Waals surface area contributed by atoms with Crippen molar-refractivity contribution in [2.75, 3.05) is 13.1 Å². The highest BCUT2D eigenvalue weighted by molar-refractivity contribution is 5.95. The number of hydrogen-bond acceptors (Lipinski definition) is 4. The highest BCUT2D eigenvalue weighted by Gasteiger charge is 2.28. The van der Waals surface area contributed by atoms with Crippen LogP contribution in [0.4, 0.5) is 4.39 Å². The number of nitrogens with zero attached hydrogens (tertiary/aromatic N) is 5. The van der Waals surface area contributed by atoms with Crippen molar-refractivity contribution in [3.05, 3.63) is 58.9 Å². The van der Waals surface area contributed by atoms with E-state index >= 15 is 0 Å².